The van der Waals surface area contributed by atoms with Gasteiger partial charge in [-0.3, -0.25) is 13.9 Å². The molecule has 12 heteroatoms. The average Bonchev–Trinajstić information content (AvgIpc) is 3.26. The third kappa shape index (κ3) is 7.89. The van der Waals surface area contributed by atoms with Gasteiger partial charge in [0.2, 0.25) is 11.8 Å². The van der Waals surface area contributed by atoms with Gasteiger partial charge in [0.1, 0.15) is 17.2 Å². The minimum absolute atomic E-state index is 0.205. The summed E-state index contributed by atoms with van der Waals surface area (Å²) >= 11 is 0. The fourth-order valence-corrected chi connectivity index (χ4v) is 6.84. The summed E-state index contributed by atoms with van der Waals surface area (Å²) < 4.78 is 31.3. The van der Waals surface area contributed by atoms with Crippen LogP contribution in [0.25, 0.3) is 0 Å². The van der Waals surface area contributed by atoms with Crippen LogP contribution < -0.4 is 20.1 Å². The summed E-state index contributed by atoms with van der Waals surface area (Å²) in [6.07, 6.45) is 2.19. The number of likely N-dealkylation sites (tertiary alicyclic amines) is 1. The predicted octanol–water partition coefficient (Wildman–Crippen LogP) is 3.38. The number of carbonyl (C=O) groups is 3. The fraction of sp³-hybridized carbons (Fsp3) is 0.531. The number of anilines is 1. The second-order valence-electron chi connectivity index (χ2n) is 13.3. The quantitative estimate of drug-likeness (QED) is 0.388. The van der Waals surface area contributed by atoms with Crippen LogP contribution in [0.4, 0.5) is 10.5 Å². The molecule has 2 aliphatic rings. The number of fused-ring (bicyclic) bond motifs is 2. The second-order valence-corrected chi connectivity index (χ2v) is 14.8. The Morgan fingerprint density at radius 2 is 1.59 bits per heavy atom. The zero-order valence-electron chi connectivity index (χ0n) is 26.3. The van der Waals surface area contributed by atoms with Crippen molar-refractivity contribution in [3.63, 3.8) is 0 Å². The Morgan fingerprint density at radius 3 is 2.20 bits per heavy atom. The molecular formula is C32H45N5O6S. The molecule has 240 valence electrons. The smallest absolute Gasteiger partial charge is 0.408 e. The van der Waals surface area contributed by atoms with Gasteiger partial charge in [-0.2, -0.15) is 8.42 Å². The molecular weight excluding hydrogens is 582 g/mol. The van der Waals surface area contributed by atoms with Crippen LogP contribution in [0.15, 0.2) is 54.6 Å². The summed E-state index contributed by atoms with van der Waals surface area (Å²) in [6.45, 7) is 9.37. The molecule has 3 amide bonds. The monoisotopic (exact) mass is 627 g/mol. The molecule has 2 aliphatic heterocycles. The van der Waals surface area contributed by atoms with Crippen LogP contribution in [0.5, 0.6) is 0 Å². The highest BCUT2D eigenvalue weighted by molar-refractivity contribution is 7.90. The van der Waals surface area contributed by atoms with Gasteiger partial charge in [-0.1, -0.05) is 48.5 Å². The minimum atomic E-state index is -3.95. The highest BCUT2D eigenvalue weighted by Crippen LogP contribution is 2.47. The van der Waals surface area contributed by atoms with Crippen molar-refractivity contribution in [2.24, 2.45) is 5.14 Å². The van der Waals surface area contributed by atoms with Crippen LogP contribution in [0, 0.1) is 0 Å². The Kier molecular flexibility index (Phi) is 9.65. The Balaban J connectivity index is 1.47. The van der Waals surface area contributed by atoms with E-state index >= 15 is 0 Å². The van der Waals surface area contributed by atoms with Crippen molar-refractivity contribution in [3.8, 4) is 0 Å². The third-order valence-corrected chi connectivity index (χ3v) is 9.26. The van der Waals surface area contributed by atoms with E-state index in [1.807, 2.05) is 42.5 Å². The van der Waals surface area contributed by atoms with Crippen molar-refractivity contribution in [1.82, 2.24) is 15.5 Å². The van der Waals surface area contributed by atoms with E-state index in [0.29, 0.717) is 44.5 Å². The molecule has 1 atom stereocenters. The number of para-hydroxylation sites is 1. The van der Waals surface area contributed by atoms with Crippen molar-refractivity contribution in [2.45, 2.75) is 89.3 Å². The number of nitrogens with one attached hydrogen (secondary N) is 2. The highest BCUT2D eigenvalue weighted by atomic mass is 32.2. The van der Waals surface area contributed by atoms with Crippen LogP contribution in [-0.2, 0) is 36.4 Å². The number of aryl methyl sites for hydroxylation is 1. The molecule has 0 saturated carbocycles. The van der Waals surface area contributed by atoms with E-state index in [4.69, 9.17) is 9.88 Å². The van der Waals surface area contributed by atoms with Crippen molar-refractivity contribution in [3.05, 3.63) is 65.7 Å². The lowest BCUT2D eigenvalue weighted by molar-refractivity contribution is -0.139. The summed E-state index contributed by atoms with van der Waals surface area (Å²) in [7, 11) is -3.95. The van der Waals surface area contributed by atoms with Crippen molar-refractivity contribution < 1.29 is 27.5 Å². The van der Waals surface area contributed by atoms with E-state index in [2.05, 4.69) is 10.6 Å². The Bertz CT molecular complexity index is 1460. The van der Waals surface area contributed by atoms with E-state index in [0.717, 1.165) is 17.5 Å². The molecule has 0 radical (unpaired) electrons. The lowest BCUT2D eigenvalue weighted by Gasteiger charge is -2.41. The lowest BCUT2D eigenvalue weighted by Crippen LogP contribution is -2.60. The number of nitrogens with two attached hydrogens (primary N) is 1. The molecule has 2 aromatic rings. The van der Waals surface area contributed by atoms with Crippen LogP contribution in [0.1, 0.15) is 71.4 Å². The maximum absolute atomic E-state index is 14.0. The topological polar surface area (TPSA) is 151 Å². The number of rotatable bonds is 9. The number of alkyl carbamates (subject to hydrolysis) is 1. The number of carbonyl (C=O) groups excluding carboxylic acids is 3. The van der Waals surface area contributed by atoms with Crippen LogP contribution in [-0.4, -0.2) is 68.0 Å². The molecule has 0 aromatic heterocycles. The SMILES string of the molecule is CC(C)(C)OC(=O)NC(C)(C)C(=O)N[C@H](CCCc1ccccc1)C(=O)N1CCC2(CC1)CN(S(N)(=O)=O)c1ccccc12. The standard InChI is InChI=1S/C32H45N5O6S/c1-30(2,3)43-29(40)35-31(4,5)28(39)34-25(16-11-14-23-12-7-6-8-13-23)27(38)36-20-18-32(19-21-36)22-37(44(33,41)42)26-17-10-9-15-24(26)32/h6-10,12-13,15,17,25H,11,14,16,18-22H2,1-5H3,(H,34,39)(H,35,40)(H2,33,41,42)/t25-/m1/s1. The molecule has 2 aromatic carbocycles. The number of ether oxygens (including phenoxy) is 1. The first-order valence-corrected chi connectivity index (χ1v) is 16.6. The average molecular weight is 628 g/mol. The summed E-state index contributed by atoms with van der Waals surface area (Å²) in [5.41, 5.74) is 0.117. The molecule has 0 bridgehead atoms. The van der Waals surface area contributed by atoms with E-state index in [9.17, 15) is 22.8 Å². The van der Waals surface area contributed by atoms with E-state index in [-0.39, 0.29) is 12.5 Å². The number of piperidine rings is 1. The molecule has 11 nitrogen and oxygen atoms in total. The van der Waals surface area contributed by atoms with Crippen molar-refractivity contribution in [1.29, 1.82) is 0 Å². The normalized spacial score (nSPS) is 17.1. The molecule has 1 spiro atoms. The Labute approximate surface area is 260 Å². The van der Waals surface area contributed by atoms with Gasteiger partial charge in [0.25, 0.3) is 10.2 Å². The largest absolute Gasteiger partial charge is 0.444 e. The zero-order valence-corrected chi connectivity index (χ0v) is 27.1. The summed E-state index contributed by atoms with van der Waals surface area (Å²) in [5.74, 6) is -0.702. The molecule has 2 heterocycles. The highest BCUT2D eigenvalue weighted by Gasteiger charge is 2.48. The first-order valence-electron chi connectivity index (χ1n) is 15.1. The second kappa shape index (κ2) is 12.8. The molecule has 4 N–H and O–H groups in total. The van der Waals surface area contributed by atoms with Gasteiger partial charge in [-0.25, -0.2) is 9.93 Å². The predicted molar refractivity (Wildman–Crippen MR) is 169 cm³/mol. The molecule has 0 unspecified atom stereocenters. The van der Waals surface area contributed by atoms with Gasteiger partial charge in [0, 0.05) is 25.0 Å². The number of benzene rings is 2. The minimum Gasteiger partial charge on any atom is -0.444 e. The van der Waals surface area contributed by atoms with Crippen LogP contribution in [0.3, 0.4) is 0 Å². The Morgan fingerprint density at radius 1 is 0.977 bits per heavy atom. The van der Waals surface area contributed by atoms with E-state index in [1.54, 1.807) is 51.7 Å². The van der Waals surface area contributed by atoms with Gasteiger partial charge >= 0.3 is 6.09 Å². The van der Waals surface area contributed by atoms with Crippen LogP contribution >= 0.6 is 0 Å². The Hall–Kier alpha value is -3.64. The summed E-state index contributed by atoms with van der Waals surface area (Å²) in [5, 5.41) is 11.1. The lowest BCUT2D eigenvalue weighted by atomic mass is 9.74. The number of amides is 3. The third-order valence-electron chi connectivity index (χ3n) is 8.32. The molecule has 4 rings (SSSR count). The van der Waals surface area contributed by atoms with Gasteiger partial charge in [0.15, 0.2) is 0 Å². The summed E-state index contributed by atoms with van der Waals surface area (Å²) in [4.78, 5) is 41.6. The van der Waals surface area contributed by atoms with Gasteiger partial charge in [-0.15, -0.1) is 0 Å². The molecule has 44 heavy (non-hydrogen) atoms. The maximum atomic E-state index is 14.0. The molecule has 0 aliphatic carbocycles. The first kappa shape index (κ1) is 33.3. The zero-order chi connectivity index (χ0) is 32.3. The van der Waals surface area contributed by atoms with Gasteiger partial charge in [0.05, 0.1) is 5.69 Å². The maximum Gasteiger partial charge on any atom is 0.408 e. The van der Waals surface area contributed by atoms with Crippen LogP contribution in [0.2, 0.25) is 0 Å². The van der Waals surface area contributed by atoms with Crippen molar-refractivity contribution >= 4 is 33.8 Å². The number of hydrogen-bond donors (Lipinski definition) is 3. The fourth-order valence-electron chi connectivity index (χ4n) is 5.98. The van der Waals surface area contributed by atoms with E-state index < -0.39 is 44.8 Å². The van der Waals surface area contributed by atoms with E-state index in [1.165, 1.54) is 4.31 Å². The van der Waals surface area contributed by atoms with Gasteiger partial charge < -0.3 is 20.3 Å². The molecule has 1 fully saturated rings. The molecule has 1 saturated heterocycles. The summed E-state index contributed by atoms with van der Waals surface area (Å²) in [6, 6.07) is 16.5. The number of nitrogens with zero attached hydrogens (tertiary/aromatic N) is 2. The van der Waals surface area contributed by atoms with Crippen molar-refractivity contribution in [2.75, 3.05) is 23.9 Å². The first-order chi connectivity index (χ1) is 20.5. The van der Waals surface area contributed by atoms with Gasteiger partial charge in [-0.05, 0) is 83.9 Å². The number of hydrogen-bond acceptors (Lipinski definition) is 6.